The van der Waals surface area contributed by atoms with E-state index in [0.29, 0.717) is 93.9 Å². The first kappa shape index (κ1) is 45.8. The van der Waals surface area contributed by atoms with Crippen LogP contribution in [-0.4, -0.2) is 130 Å². The molecule has 3 aromatic heterocycles. The van der Waals surface area contributed by atoms with Gasteiger partial charge in [-0.3, -0.25) is 39.0 Å². The molecule has 0 aliphatic carbocycles. The molecule has 4 N–H and O–H groups in total. The minimum atomic E-state index is -1.02. The summed E-state index contributed by atoms with van der Waals surface area (Å²) in [5.74, 6) is -2.60. The van der Waals surface area contributed by atoms with E-state index in [9.17, 15) is 37.5 Å². The van der Waals surface area contributed by atoms with E-state index in [1.54, 1.807) is 42.6 Å². The Morgan fingerprint density at radius 2 is 1.63 bits per heavy atom. The fourth-order valence-electron chi connectivity index (χ4n) is 9.04. The molecule has 354 valence electrons. The van der Waals surface area contributed by atoms with Crippen LogP contribution >= 0.6 is 0 Å². The zero-order valence-corrected chi connectivity index (χ0v) is 36.9. The third-order valence-electron chi connectivity index (χ3n) is 12.5. The summed E-state index contributed by atoms with van der Waals surface area (Å²) in [6, 6.07) is 13.8. The molecule has 9 rings (SSSR count). The van der Waals surface area contributed by atoms with E-state index in [0.717, 1.165) is 23.5 Å². The maximum Gasteiger partial charge on any atom is 0.274 e. The first-order valence-electron chi connectivity index (χ1n) is 22.6. The highest BCUT2D eigenvalue weighted by Crippen LogP contribution is 2.37. The molecule has 0 bridgehead atoms. The maximum absolute atomic E-state index is 14.7. The Labute approximate surface area is 388 Å². The van der Waals surface area contributed by atoms with Gasteiger partial charge in [-0.2, -0.15) is 5.10 Å². The van der Waals surface area contributed by atoms with Crippen molar-refractivity contribution in [2.75, 3.05) is 73.5 Å². The van der Waals surface area contributed by atoms with Crippen LogP contribution in [0, 0.1) is 11.6 Å². The van der Waals surface area contributed by atoms with Crippen LogP contribution < -0.4 is 26.2 Å². The molecular weight excluding hydrogens is 885 g/mol. The second-order valence-corrected chi connectivity index (χ2v) is 16.9. The van der Waals surface area contributed by atoms with Gasteiger partial charge in [0.25, 0.3) is 17.7 Å². The van der Waals surface area contributed by atoms with Crippen molar-refractivity contribution in [1.29, 1.82) is 0 Å². The standard InChI is InChI=1S/C47H49F2N11O8/c48-28-6-9-34(49)33(25-28)37-4-2-17-58(37)40-14-20-59-43(55-40)36(27-51-59)54-44(63)35-3-1-5-39(53-35)52-29-12-18-57(19-13-29)42(62)15-21-67-23-24-68-22-16-50-30-7-8-31-32(26-30)47(66)60(46(31)65)38-10-11-41(61)56-45(38)64/h1,3,5-9,14,20,25-27,29,37-38,50H,2,4,10-13,15-19,21-24H2,(H,52,53)(H,54,63)(H,56,61,64)/t37-,38?/m1/s1. The van der Waals surface area contributed by atoms with Gasteiger partial charge in [0.1, 0.15) is 40.7 Å². The normalized spacial score (nSPS) is 18.6. The molecular formula is C47H49F2N11O8. The van der Waals surface area contributed by atoms with Crippen LogP contribution in [0.25, 0.3) is 5.65 Å². The number of fused-ring (bicyclic) bond motifs is 2. The number of carbonyl (C=O) groups excluding carboxylic acids is 6. The molecule has 2 atom stereocenters. The van der Waals surface area contributed by atoms with Gasteiger partial charge in [-0.25, -0.2) is 23.3 Å². The molecule has 4 aliphatic heterocycles. The number of ether oxygens (including phenoxy) is 2. The second kappa shape index (κ2) is 20.2. The van der Waals surface area contributed by atoms with Gasteiger partial charge < -0.3 is 35.2 Å². The molecule has 68 heavy (non-hydrogen) atoms. The number of hydrogen-bond donors (Lipinski definition) is 4. The average Bonchev–Trinajstić information content (AvgIpc) is 4.05. The number of nitrogens with one attached hydrogen (secondary N) is 4. The molecule has 0 radical (unpaired) electrons. The fraction of sp³-hybridized carbons (Fsp3) is 0.383. The quantitative estimate of drug-likeness (QED) is 0.0753. The van der Waals surface area contributed by atoms with E-state index >= 15 is 0 Å². The molecule has 4 aliphatic rings. The molecule has 7 heterocycles. The molecule has 5 aromatic rings. The van der Waals surface area contributed by atoms with Crippen molar-refractivity contribution in [2.24, 2.45) is 0 Å². The van der Waals surface area contributed by atoms with Crippen LogP contribution in [0.2, 0.25) is 0 Å². The van der Waals surface area contributed by atoms with Gasteiger partial charge in [-0.1, -0.05) is 6.07 Å². The number of amides is 6. The number of carbonyl (C=O) groups is 6. The first-order chi connectivity index (χ1) is 33.0. The molecule has 2 aromatic carbocycles. The van der Waals surface area contributed by atoms with Gasteiger partial charge in [0.2, 0.25) is 17.7 Å². The van der Waals surface area contributed by atoms with Crippen molar-refractivity contribution >= 4 is 64.1 Å². The number of nitrogens with zero attached hydrogens (tertiary/aromatic N) is 7. The molecule has 1 unspecified atom stereocenters. The third-order valence-corrected chi connectivity index (χ3v) is 12.5. The highest BCUT2D eigenvalue weighted by atomic mass is 19.1. The highest BCUT2D eigenvalue weighted by Gasteiger charge is 2.44. The van der Waals surface area contributed by atoms with Gasteiger partial charge >= 0.3 is 0 Å². The fourth-order valence-corrected chi connectivity index (χ4v) is 9.04. The van der Waals surface area contributed by atoms with Crippen molar-refractivity contribution in [1.82, 2.24) is 34.7 Å². The topological polar surface area (TPSA) is 222 Å². The van der Waals surface area contributed by atoms with Gasteiger partial charge in [0, 0.05) is 56.1 Å². The van der Waals surface area contributed by atoms with E-state index in [-0.39, 0.29) is 60.2 Å². The number of halogens is 2. The zero-order chi connectivity index (χ0) is 47.3. The zero-order valence-electron chi connectivity index (χ0n) is 36.9. The summed E-state index contributed by atoms with van der Waals surface area (Å²) < 4.78 is 41.6. The van der Waals surface area contributed by atoms with E-state index < -0.39 is 53.3 Å². The lowest BCUT2D eigenvalue weighted by atomic mass is 10.0. The molecule has 0 saturated carbocycles. The largest absolute Gasteiger partial charge is 0.383 e. The average molecular weight is 934 g/mol. The van der Waals surface area contributed by atoms with Crippen molar-refractivity contribution < 1.29 is 47.0 Å². The number of aromatic nitrogens is 4. The summed E-state index contributed by atoms with van der Waals surface area (Å²) in [4.78, 5) is 90.2. The van der Waals surface area contributed by atoms with Gasteiger partial charge in [0.05, 0.1) is 56.2 Å². The monoisotopic (exact) mass is 933 g/mol. The highest BCUT2D eigenvalue weighted by molar-refractivity contribution is 6.23. The summed E-state index contributed by atoms with van der Waals surface area (Å²) in [5.41, 5.74) is 2.20. The smallest absolute Gasteiger partial charge is 0.274 e. The molecule has 6 amide bonds. The van der Waals surface area contributed by atoms with E-state index in [1.807, 2.05) is 9.80 Å². The molecule has 21 heteroatoms. The lowest BCUT2D eigenvalue weighted by Gasteiger charge is -2.32. The van der Waals surface area contributed by atoms with Crippen molar-refractivity contribution in [3.05, 3.63) is 107 Å². The minimum absolute atomic E-state index is 0.00449. The Hall–Kier alpha value is -7.39. The minimum Gasteiger partial charge on any atom is -0.383 e. The number of rotatable bonds is 17. The maximum atomic E-state index is 14.7. The SMILES string of the molecule is O=C1CCC(N2C(=O)c3ccc(NCCOCCOCCC(=O)N4CCC(Nc5cccc(C(=O)Nc6cnn7ccc(N8CCC[C@@H]8c8cc(F)ccc8F)nc67)n5)CC4)cc3C2=O)C(=O)N1. The van der Waals surface area contributed by atoms with Crippen LogP contribution in [0.15, 0.2) is 73.1 Å². The van der Waals surface area contributed by atoms with Crippen molar-refractivity contribution in [2.45, 2.75) is 63.1 Å². The van der Waals surface area contributed by atoms with Crippen LogP contribution in [-0.2, 0) is 23.9 Å². The van der Waals surface area contributed by atoms with E-state index in [4.69, 9.17) is 14.5 Å². The van der Waals surface area contributed by atoms with E-state index in [2.05, 4.69) is 31.3 Å². The summed E-state index contributed by atoms with van der Waals surface area (Å²) in [6.07, 6.45) is 6.37. The summed E-state index contributed by atoms with van der Waals surface area (Å²) in [6.45, 7) is 3.31. The molecule has 19 nitrogen and oxygen atoms in total. The number of hydrogen-bond acceptors (Lipinski definition) is 14. The number of piperidine rings is 2. The Bertz CT molecular complexity index is 2760. The number of anilines is 4. The number of benzene rings is 2. The molecule has 3 fully saturated rings. The Morgan fingerprint density at radius 1 is 0.824 bits per heavy atom. The predicted octanol–water partition coefficient (Wildman–Crippen LogP) is 4.34. The van der Waals surface area contributed by atoms with E-state index in [1.165, 1.54) is 22.8 Å². The Balaban J connectivity index is 0.664. The van der Waals surface area contributed by atoms with Crippen LogP contribution in [0.1, 0.15) is 87.8 Å². The third kappa shape index (κ3) is 9.98. The Morgan fingerprint density at radius 3 is 2.46 bits per heavy atom. The molecule has 0 spiro atoms. The van der Waals surface area contributed by atoms with Gasteiger partial charge in [-0.15, -0.1) is 0 Å². The van der Waals surface area contributed by atoms with Crippen molar-refractivity contribution in [3.63, 3.8) is 0 Å². The summed E-state index contributed by atoms with van der Waals surface area (Å²) in [5, 5.41) is 15.9. The number of likely N-dealkylation sites (tertiary alicyclic amines) is 1. The summed E-state index contributed by atoms with van der Waals surface area (Å²) >= 11 is 0. The van der Waals surface area contributed by atoms with Crippen molar-refractivity contribution in [3.8, 4) is 0 Å². The van der Waals surface area contributed by atoms with Crippen LogP contribution in [0.4, 0.5) is 31.8 Å². The Kier molecular flexibility index (Phi) is 13.6. The van der Waals surface area contributed by atoms with Crippen LogP contribution in [0.5, 0.6) is 0 Å². The second-order valence-electron chi connectivity index (χ2n) is 16.9. The first-order valence-corrected chi connectivity index (χ1v) is 22.6. The number of imide groups is 2. The van der Waals surface area contributed by atoms with Crippen LogP contribution in [0.3, 0.4) is 0 Å². The van der Waals surface area contributed by atoms with Gasteiger partial charge in [0.15, 0.2) is 5.65 Å². The summed E-state index contributed by atoms with van der Waals surface area (Å²) in [7, 11) is 0. The number of pyridine rings is 1. The van der Waals surface area contributed by atoms with Gasteiger partial charge in [-0.05, 0) is 86.7 Å². The molecule has 3 saturated heterocycles. The predicted molar refractivity (Wildman–Crippen MR) is 242 cm³/mol. The lowest BCUT2D eigenvalue weighted by Crippen LogP contribution is -2.54. The lowest BCUT2D eigenvalue weighted by molar-refractivity contribution is -0.136.